The number of aryl methyl sites for hydroxylation is 1. The summed E-state index contributed by atoms with van der Waals surface area (Å²) in [6.45, 7) is 6.90. The number of ether oxygens (including phenoxy) is 2. The Kier molecular flexibility index (Phi) is 7.24. The summed E-state index contributed by atoms with van der Waals surface area (Å²) >= 11 is 1.57. The van der Waals surface area contributed by atoms with E-state index in [1.165, 1.54) is 0 Å². The first-order valence-corrected chi connectivity index (χ1v) is 10.6. The normalized spacial score (nSPS) is 11.8. The fourth-order valence-corrected chi connectivity index (χ4v) is 3.44. The van der Waals surface area contributed by atoms with Gasteiger partial charge in [0.15, 0.2) is 11.5 Å². The zero-order valence-electron chi connectivity index (χ0n) is 16.8. The molecule has 0 radical (unpaired) electrons. The van der Waals surface area contributed by atoms with E-state index in [1.807, 2.05) is 55.8 Å². The number of hydrogen-bond acceptors (Lipinski definition) is 7. The molecule has 3 rings (SSSR count). The van der Waals surface area contributed by atoms with Crippen LogP contribution in [0.15, 0.2) is 39.4 Å². The lowest BCUT2D eigenvalue weighted by Crippen LogP contribution is -2.26. The average molecular weight is 416 g/mol. The molecule has 0 spiro atoms. The van der Waals surface area contributed by atoms with Crippen molar-refractivity contribution in [2.75, 3.05) is 13.2 Å². The summed E-state index contributed by atoms with van der Waals surface area (Å²) in [4.78, 5) is 12.4. The fourth-order valence-electron chi connectivity index (χ4n) is 2.81. The lowest BCUT2D eigenvalue weighted by Gasteiger charge is -2.17. The van der Waals surface area contributed by atoms with Crippen LogP contribution in [0.5, 0.6) is 11.5 Å². The number of nitrogens with one attached hydrogen (secondary N) is 1. The smallest absolute Gasteiger partial charge is 0.248 e. The third-order valence-electron chi connectivity index (χ3n) is 4.25. The summed E-state index contributed by atoms with van der Waals surface area (Å²) in [5.41, 5.74) is 1.84. The van der Waals surface area contributed by atoms with Crippen LogP contribution in [-0.4, -0.2) is 29.3 Å². The molecular weight excluding hydrogens is 390 g/mol. The number of carbonyl (C=O) groups excluding carboxylic acids is 1. The summed E-state index contributed by atoms with van der Waals surface area (Å²) in [7, 11) is 0. The third-order valence-corrected chi connectivity index (χ3v) is 4.93. The van der Waals surface area contributed by atoms with Gasteiger partial charge in [-0.15, -0.1) is 10.2 Å². The Morgan fingerprint density at radius 3 is 2.69 bits per heavy atom. The molecule has 1 N–H and O–H groups in total. The molecule has 0 aliphatic carbocycles. The number of thiophene rings is 1. The van der Waals surface area contributed by atoms with Gasteiger partial charge in [-0.3, -0.25) is 4.79 Å². The van der Waals surface area contributed by atoms with E-state index in [0.717, 1.165) is 11.1 Å². The fraction of sp³-hybridized carbons (Fsp3) is 0.381. The van der Waals surface area contributed by atoms with Gasteiger partial charge in [0, 0.05) is 23.8 Å². The molecule has 1 aromatic carbocycles. The third kappa shape index (κ3) is 5.57. The van der Waals surface area contributed by atoms with E-state index in [4.69, 9.17) is 13.9 Å². The molecule has 154 valence electrons. The quantitative estimate of drug-likeness (QED) is 0.528. The first-order chi connectivity index (χ1) is 14.1. The number of rotatable bonds is 10. The van der Waals surface area contributed by atoms with E-state index in [2.05, 4.69) is 15.5 Å². The van der Waals surface area contributed by atoms with Gasteiger partial charge >= 0.3 is 0 Å². The Morgan fingerprint density at radius 1 is 1.17 bits per heavy atom. The van der Waals surface area contributed by atoms with Gasteiger partial charge in [0.05, 0.1) is 19.3 Å². The van der Waals surface area contributed by atoms with E-state index in [-0.39, 0.29) is 18.4 Å². The molecule has 8 heteroatoms. The van der Waals surface area contributed by atoms with Gasteiger partial charge in [-0.2, -0.15) is 11.3 Å². The van der Waals surface area contributed by atoms with Crippen molar-refractivity contribution in [2.45, 2.75) is 39.7 Å². The highest BCUT2D eigenvalue weighted by molar-refractivity contribution is 7.08. The van der Waals surface area contributed by atoms with Gasteiger partial charge < -0.3 is 19.2 Å². The van der Waals surface area contributed by atoms with Gasteiger partial charge in [-0.05, 0) is 49.9 Å². The van der Waals surface area contributed by atoms with Crippen molar-refractivity contribution in [3.8, 4) is 23.0 Å². The molecule has 0 saturated carbocycles. The zero-order chi connectivity index (χ0) is 20.6. The minimum atomic E-state index is -0.165. The van der Waals surface area contributed by atoms with Crippen molar-refractivity contribution >= 4 is 17.2 Å². The average Bonchev–Trinajstić information content (AvgIpc) is 3.40. The highest BCUT2D eigenvalue weighted by Crippen LogP contribution is 2.30. The van der Waals surface area contributed by atoms with E-state index < -0.39 is 0 Å². The zero-order valence-corrected chi connectivity index (χ0v) is 17.6. The maximum Gasteiger partial charge on any atom is 0.248 e. The SMILES string of the molecule is CCOc1ccc(C(C)NC(=O)CCc2nnc(-c3ccsc3)o2)cc1OCC. The molecule has 1 amide bonds. The molecule has 2 heterocycles. The molecule has 0 bridgehead atoms. The lowest BCUT2D eigenvalue weighted by atomic mass is 10.1. The predicted octanol–water partition coefficient (Wildman–Crippen LogP) is 4.41. The maximum atomic E-state index is 12.4. The van der Waals surface area contributed by atoms with Gasteiger partial charge in [-0.1, -0.05) is 6.07 Å². The molecule has 0 fully saturated rings. The van der Waals surface area contributed by atoms with Crippen LogP contribution < -0.4 is 14.8 Å². The van der Waals surface area contributed by atoms with Crippen LogP contribution in [-0.2, 0) is 11.2 Å². The molecular formula is C21H25N3O4S. The summed E-state index contributed by atoms with van der Waals surface area (Å²) in [6, 6.07) is 7.47. The second-order valence-electron chi connectivity index (χ2n) is 6.37. The van der Waals surface area contributed by atoms with E-state index in [0.29, 0.717) is 42.9 Å². The van der Waals surface area contributed by atoms with Crippen molar-refractivity contribution in [2.24, 2.45) is 0 Å². The number of nitrogens with zero attached hydrogens (tertiary/aromatic N) is 2. The molecule has 0 aliphatic heterocycles. The Hall–Kier alpha value is -2.87. The monoisotopic (exact) mass is 415 g/mol. The summed E-state index contributed by atoms with van der Waals surface area (Å²) in [5.74, 6) is 2.23. The summed E-state index contributed by atoms with van der Waals surface area (Å²) in [5, 5.41) is 14.9. The standard InChI is InChI=1S/C21H25N3O4S/c1-4-26-17-7-6-15(12-18(17)27-5-2)14(3)22-19(25)8-9-20-23-24-21(28-20)16-10-11-29-13-16/h6-7,10-14H,4-5,8-9H2,1-3H3,(H,22,25). The number of benzene rings is 1. The van der Waals surface area contributed by atoms with Gasteiger partial charge in [0.2, 0.25) is 17.7 Å². The van der Waals surface area contributed by atoms with Crippen molar-refractivity contribution in [3.63, 3.8) is 0 Å². The largest absolute Gasteiger partial charge is 0.490 e. The van der Waals surface area contributed by atoms with Crippen molar-refractivity contribution < 1.29 is 18.7 Å². The molecule has 3 aromatic rings. The van der Waals surface area contributed by atoms with E-state index >= 15 is 0 Å². The minimum absolute atomic E-state index is 0.0837. The molecule has 0 saturated heterocycles. The van der Waals surface area contributed by atoms with Crippen molar-refractivity contribution in [1.82, 2.24) is 15.5 Å². The van der Waals surface area contributed by atoms with E-state index in [1.54, 1.807) is 11.3 Å². The first kappa shape index (κ1) is 20.9. The van der Waals surface area contributed by atoms with Crippen LogP contribution in [0.3, 0.4) is 0 Å². The molecule has 1 unspecified atom stereocenters. The predicted molar refractivity (Wildman–Crippen MR) is 111 cm³/mol. The number of amides is 1. The lowest BCUT2D eigenvalue weighted by molar-refractivity contribution is -0.121. The van der Waals surface area contributed by atoms with Crippen molar-refractivity contribution in [1.29, 1.82) is 0 Å². The van der Waals surface area contributed by atoms with Crippen LogP contribution in [0.2, 0.25) is 0 Å². The van der Waals surface area contributed by atoms with Gasteiger partial charge in [0.25, 0.3) is 0 Å². The topological polar surface area (TPSA) is 86.5 Å². The van der Waals surface area contributed by atoms with E-state index in [9.17, 15) is 4.79 Å². The Labute approximate surface area is 174 Å². The Bertz CT molecular complexity index is 924. The van der Waals surface area contributed by atoms with Crippen LogP contribution >= 0.6 is 11.3 Å². The minimum Gasteiger partial charge on any atom is -0.490 e. The maximum absolute atomic E-state index is 12.4. The molecule has 2 aromatic heterocycles. The second kappa shape index (κ2) is 10.1. The second-order valence-corrected chi connectivity index (χ2v) is 7.15. The summed E-state index contributed by atoms with van der Waals surface area (Å²) < 4.78 is 16.9. The molecule has 7 nitrogen and oxygen atoms in total. The first-order valence-electron chi connectivity index (χ1n) is 9.64. The van der Waals surface area contributed by atoms with Crippen LogP contribution in [0.1, 0.15) is 44.7 Å². The molecule has 0 aliphatic rings. The molecule has 1 atom stereocenters. The Balaban J connectivity index is 1.55. The van der Waals surface area contributed by atoms with Gasteiger partial charge in [-0.25, -0.2) is 0 Å². The highest BCUT2D eigenvalue weighted by atomic mass is 32.1. The molecule has 29 heavy (non-hydrogen) atoms. The number of hydrogen-bond donors (Lipinski definition) is 1. The Morgan fingerprint density at radius 2 is 1.97 bits per heavy atom. The van der Waals surface area contributed by atoms with Crippen LogP contribution in [0.25, 0.3) is 11.5 Å². The summed E-state index contributed by atoms with van der Waals surface area (Å²) in [6.07, 6.45) is 0.661. The number of aromatic nitrogens is 2. The van der Waals surface area contributed by atoms with Gasteiger partial charge in [0.1, 0.15) is 0 Å². The van der Waals surface area contributed by atoms with Crippen LogP contribution in [0, 0.1) is 0 Å². The van der Waals surface area contributed by atoms with Crippen molar-refractivity contribution in [3.05, 3.63) is 46.5 Å². The highest BCUT2D eigenvalue weighted by Gasteiger charge is 2.15. The number of carbonyl (C=O) groups is 1. The van der Waals surface area contributed by atoms with Crippen LogP contribution in [0.4, 0.5) is 0 Å².